The van der Waals surface area contributed by atoms with Gasteiger partial charge in [-0.15, -0.1) is 0 Å². The number of rotatable bonds is 3. The van der Waals surface area contributed by atoms with Crippen LogP contribution in [-0.4, -0.2) is 15.6 Å². The first-order chi connectivity index (χ1) is 13.3. The highest BCUT2D eigenvalue weighted by molar-refractivity contribution is 5.77. The summed E-state index contributed by atoms with van der Waals surface area (Å²) in [6.45, 7) is 2.17. The van der Waals surface area contributed by atoms with Gasteiger partial charge in [-0.2, -0.15) is 0 Å². The third-order valence-electron chi connectivity index (χ3n) is 5.21. The van der Waals surface area contributed by atoms with Crippen LogP contribution < -0.4 is 5.32 Å². The van der Waals surface area contributed by atoms with Gasteiger partial charge in [-0.3, -0.25) is 9.88 Å². The molecule has 27 heavy (non-hydrogen) atoms. The number of hydrogen-bond donors (Lipinski definition) is 1. The lowest BCUT2D eigenvalue weighted by Gasteiger charge is -2.15. The van der Waals surface area contributed by atoms with Crippen molar-refractivity contribution in [3.8, 4) is 5.69 Å². The van der Waals surface area contributed by atoms with Crippen LogP contribution in [0.25, 0.3) is 16.7 Å². The second-order valence-electron chi connectivity index (χ2n) is 7.00. The number of para-hydroxylation sites is 2. The maximum Gasteiger partial charge on any atom is 0.135 e. The van der Waals surface area contributed by atoms with Crippen LogP contribution in [0.15, 0.2) is 85.2 Å². The first-order valence-corrected chi connectivity index (χ1v) is 9.28. The van der Waals surface area contributed by atoms with E-state index in [0.717, 1.165) is 22.3 Å². The molecule has 0 spiro atoms. The quantitative estimate of drug-likeness (QED) is 0.575. The minimum Gasteiger partial charge on any atom is -0.350 e. The second kappa shape index (κ2) is 6.65. The van der Waals surface area contributed by atoms with Crippen LogP contribution in [0.2, 0.25) is 0 Å². The fraction of sp³-hybridized carbons (Fsp3) is 0.174. The molecule has 134 valence electrons. The van der Waals surface area contributed by atoms with Crippen molar-refractivity contribution in [1.82, 2.24) is 14.9 Å². The molecule has 2 heterocycles. The lowest BCUT2D eigenvalue weighted by atomic mass is 10.0. The number of ether oxygens (including phenoxy) is 1. The zero-order valence-electron chi connectivity index (χ0n) is 15.1. The van der Waals surface area contributed by atoms with Gasteiger partial charge >= 0.3 is 0 Å². The van der Waals surface area contributed by atoms with Crippen LogP contribution in [0.4, 0.5) is 0 Å². The Balaban J connectivity index is 1.39. The van der Waals surface area contributed by atoms with Crippen LogP contribution in [-0.2, 0) is 4.74 Å². The van der Waals surface area contributed by atoms with Crippen LogP contribution in [0.3, 0.4) is 0 Å². The molecule has 3 atom stereocenters. The van der Waals surface area contributed by atoms with Gasteiger partial charge in [0.2, 0.25) is 0 Å². The number of hydrogen-bond acceptors (Lipinski definition) is 3. The molecule has 4 heteroatoms. The van der Waals surface area contributed by atoms with E-state index >= 15 is 0 Å². The molecule has 1 fully saturated rings. The summed E-state index contributed by atoms with van der Waals surface area (Å²) in [5.74, 6) is 0. The average molecular weight is 355 g/mol. The number of nitrogens with one attached hydrogen (secondary N) is 1. The fourth-order valence-corrected chi connectivity index (χ4v) is 3.79. The zero-order chi connectivity index (χ0) is 18.2. The van der Waals surface area contributed by atoms with Crippen molar-refractivity contribution in [3.05, 3.63) is 96.3 Å². The number of aromatic nitrogens is 2. The van der Waals surface area contributed by atoms with E-state index in [-0.39, 0.29) is 18.4 Å². The van der Waals surface area contributed by atoms with Crippen LogP contribution >= 0.6 is 0 Å². The Morgan fingerprint density at radius 3 is 2.41 bits per heavy atom. The molecule has 4 nitrogen and oxygen atoms in total. The molecule has 1 aromatic heterocycles. The standard InChI is InChI=1S/C23H21N3O/c1-16-22(17-7-3-2-4-8-17)27-23(25-16)18-11-13-19(14-12-18)26-15-24-20-9-5-6-10-21(20)26/h2-16,22-23,25H,1H3/t16-,22-,23+/m0/s1. The highest BCUT2D eigenvalue weighted by atomic mass is 16.5. The van der Waals surface area contributed by atoms with E-state index in [1.807, 2.05) is 30.6 Å². The molecule has 3 aromatic carbocycles. The van der Waals surface area contributed by atoms with Crippen LogP contribution in [0, 0.1) is 0 Å². The summed E-state index contributed by atoms with van der Waals surface area (Å²) >= 11 is 0. The Kier molecular flexibility index (Phi) is 4.00. The molecule has 0 amide bonds. The minimum atomic E-state index is -0.0983. The molecular weight excluding hydrogens is 334 g/mol. The number of fused-ring (bicyclic) bond motifs is 1. The second-order valence-corrected chi connectivity index (χ2v) is 7.00. The van der Waals surface area contributed by atoms with E-state index in [0.29, 0.717) is 0 Å². The smallest absolute Gasteiger partial charge is 0.135 e. The van der Waals surface area contributed by atoms with E-state index in [4.69, 9.17) is 4.74 Å². The molecule has 0 aliphatic carbocycles. The van der Waals surface area contributed by atoms with Gasteiger partial charge in [0.1, 0.15) is 18.7 Å². The Bertz CT molecular complexity index is 1060. The Hall–Kier alpha value is -2.95. The normalized spacial score (nSPS) is 22.3. The first-order valence-electron chi connectivity index (χ1n) is 9.28. The summed E-state index contributed by atoms with van der Waals surface area (Å²) in [5.41, 5.74) is 5.55. The third kappa shape index (κ3) is 2.93. The average Bonchev–Trinajstić information content (AvgIpc) is 3.33. The molecule has 5 rings (SSSR count). The van der Waals surface area contributed by atoms with Gasteiger partial charge in [0, 0.05) is 11.7 Å². The summed E-state index contributed by atoms with van der Waals surface area (Å²) in [6, 6.07) is 27.3. The van der Waals surface area contributed by atoms with E-state index in [1.165, 1.54) is 5.56 Å². The Morgan fingerprint density at radius 1 is 0.852 bits per heavy atom. The molecule has 1 aliphatic rings. The van der Waals surface area contributed by atoms with Crippen LogP contribution in [0.1, 0.15) is 30.4 Å². The highest BCUT2D eigenvalue weighted by Crippen LogP contribution is 2.35. The molecule has 0 radical (unpaired) electrons. The first kappa shape index (κ1) is 16.2. The van der Waals surface area contributed by atoms with Gasteiger partial charge in [0.25, 0.3) is 0 Å². The molecule has 1 aliphatic heterocycles. The van der Waals surface area contributed by atoms with Gasteiger partial charge in [0.05, 0.1) is 11.0 Å². The van der Waals surface area contributed by atoms with Crippen molar-refractivity contribution in [2.45, 2.75) is 25.3 Å². The Labute approximate surface area is 158 Å². The highest BCUT2D eigenvalue weighted by Gasteiger charge is 2.33. The third-order valence-corrected chi connectivity index (χ3v) is 5.21. The maximum atomic E-state index is 6.32. The SMILES string of the molecule is C[C@@H]1N[C@@H](c2ccc(-n3cnc4ccccc43)cc2)O[C@@H]1c1ccccc1. The molecule has 0 bridgehead atoms. The largest absolute Gasteiger partial charge is 0.350 e. The van der Waals surface area contributed by atoms with Gasteiger partial charge in [0.15, 0.2) is 0 Å². The van der Waals surface area contributed by atoms with Gasteiger partial charge < -0.3 is 4.74 Å². The summed E-state index contributed by atoms with van der Waals surface area (Å²) in [4.78, 5) is 4.47. The number of imidazole rings is 1. The summed E-state index contributed by atoms with van der Waals surface area (Å²) in [7, 11) is 0. The summed E-state index contributed by atoms with van der Waals surface area (Å²) < 4.78 is 8.42. The van der Waals surface area contributed by atoms with Gasteiger partial charge in [-0.1, -0.05) is 54.6 Å². The molecule has 0 saturated carbocycles. The number of nitrogens with zero attached hydrogens (tertiary/aromatic N) is 2. The zero-order valence-corrected chi connectivity index (χ0v) is 15.1. The van der Waals surface area contributed by atoms with Gasteiger partial charge in [-0.25, -0.2) is 4.98 Å². The van der Waals surface area contributed by atoms with Crippen molar-refractivity contribution in [2.24, 2.45) is 0 Å². The molecule has 0 unspecified atom stereocenters. The number of benzene rings is 3. The minimum absolute atomic E-state index is 0.0634. The predicted octanol–water partition coefficient (Wildman–Crippen LogP) is 4.77. The Morgan fingerprint density at radius 2 is 1.59 bits per heavy atom. The fourth-order valence-electron chi connectivity index (χ4n) is 3.79. The predicted molar refractivity (Wildman–Crippen MR) is 107 cm³/mol. The lowest BCUT2D eigenvalue weighted by Crippen LogP contribution is -2.23. The van der Waals surface area contributed by atoms with E-state index in [9.17, 15) is 0 Å². The van der Waals surface area contributed by atoms with E-state index < -0.39 is 0 Å². The van der Waals surface area contributed by atoms with Crippen molar-refractivity contribution >= 4 is 11.0 Å². The molecule has 1 N–H and O–H groups in total. The van der Waals surface area contributed by atoms with Crippen molar-refractivity contribution in [3.63, 3.8) is 0 Å². The van der Waals surface area contributed by atoms with E-state index in [2.05, 4.69) is 76.4 Å². The van der Waals surface area contributed by atoms with Crippen LogP contribution in [0.5, 0.6) is 0 Å². The lowest BCUT2D eigenvalue weighted by molar-refractivity contribution is 0.0363. The summed E-state index contributed by atoms with van der Waals surface area (Å²) in [6.07, 6.45) is 1.84. The molecular formula is C23H21N3O. The summed E-state index contributed by atoms with van der Waals surface area (Å²) in [5, 5.41) is 3.56. The van der Waals surface area contributed by atoms with Crippen molar-refractivity contribution < 1.29 is 4.74 Å². The topological polar surface area (TPSA) is 39.1 Å². The molecule has 4 aromatic rings. The monoisotopic (exact) mass is 355 g/mol. The maximum absolute atomic E-state index is 6.32. The molecule has 1 saturated heterocycles. The van der Waals surface area contributed by atoms with Crippen molar-refractivity contribution in [1.29, 1.82) is 0 Å². The van der Waals surface area contributed by atoms with Crippen molar-refractivity contribution in [2.75, 3.05) is 0 Å². The van der Waals surface area contributed by atoms with Gasteiger partial charge in [-0.05, 0) is 42.3 Å². The van der Waals surface area contributed by atoms with E-state index in [1.54, 1.807) is 0 Å².